The van der Waals surface area contributed by atoms with E-state index in [1.807, 2.05) is 4.90 Å². The Hall–Kier alpha value is -0.690. The fraction of sp³-hybridized carbons (Fsp3) is 0.933. The van der Waals surface area contributed by atoms with Gasteiger partial charge in [0.2, 0.25) is 5.91 Å². The number of nitrogens with zero attached hydrogens (tertiary/aromatic N) is 2. The van der Waals surface area contributed by atoms with Crippen LogP contribution >= 0.6 is 0 Å². The van der Waals surface area contributed by atoms with Crippen molar-refractivity contribution in [2.24, 2.45) is 5.92 Å². The Labute approximate surface area is 125 Å². The molecule has 0 bridgehead atoms. The average Bonchev–Trinajstić information content (AvgIpc) is 3.38. The fourth-order valence-corrected chi connectivity index (χ4v) is 3.86. The van der Waals surface area contributed by atoms with Gasteiger partial charge in [0.1, 0.15) is 0 Å². The van der Waals surface area contributed by atoms with Crippen molar-refractivity contribution >= 4 is 5.91 Å². The molecule has 4 aliphatic rings. The average molecular weight is 296 g/mol. The van der Waals surface area contributed by atoms with Crippen LogP contribution in [-0.4, -0.2) is 71.7 Å². The van der Waals surface area contributed by atoms with Crippen LogP contribution in [0.1, 0.15) is 32.1 Å². The molecular weight excluding hydrogens is 272 g/mol. The lowest BCUT2D eigenvalue weighted by atomic mass is 9.83. The largest absolute Gasteiger partial charge is 0.372 e. The maximum absolute atomic E-state index is 12.8. The van der Waals surface area contributed by atoms with Crippen LogP contribution in [0, 0.1) is 5.92 Å². The van der Waals surface area contributed by atoms with Gasteiger partial charge in [0.05, 0.1) is 38.0 Å². The van der Waals surface area contributed by atoms with E-state index in [4.69, 9.17) is 9.47 Å². The second kappa shape index (κ2) is 5.50. The molecule has 1 amide bonds. The highest BCUT2D eigenvalue weighted by atomic mass is 16.6. The smallest absolute Gasteiger partial charge is 0.243 e. The number of hydrogen-bond acceptors (Lipinski definition) is 5. The monoisotopic (exact) mass is 296 g/mol. The predicted octanol–water partition coefficient (Wildman–Crippen LogP) is 0.153. The summed E-state index contributed by atoms with van der Waals surface area (Å²) >= 11 is 0. The second-order valence-electron chi connectivity index (χ2n) is 6.79. The molecule has 1 saturated carbocycles. The van der Waals surface area contributed by atoms with E-state index >= 15 is 0 Å². The van der Waals surface area contributed by atoms with Crippen LogP contribution in [-0.2, 0) is 14.3 Å². The molecule has 0 radical (unpaired) electrons. The van der Waals surface area contributed by atoms with Gasteiger partial charge in [-0.2, -0.15) is 0 Å². The summed E-state index contributed by atoms with van der Waals surface area (Å²) in [4.78, 5) is 16.4. The Morgan fingerprint density at radius 1 is 1.05 bits per heavy atom. The van der Waals surface area contributed by atoms with E-state index in [0.717, 1.165) is 19.4 Å². The van der Waals surface area contributed by atoms with Gasteiger partial charge in [0.25, 0.3) is 0 Å². The molecule has 6 nitrogen and oxygen atoms in total. The lowest BCUT2D eigenvalue weighted by Crippen LogP contribution is -2.45. The number of carbonyl (C=O) groups is 1. The van der Waals surface area contributed by atoms with Gasteiger partial charge < -0.3 is 14.6 Å². The van der Waals surface area contributed by atoms with Crippen LogP contribution in [0.25, 0.3) is 0 Å². The number of hydrogen-bond donors (Lipinski definition) is 1. The summed E-state index contributed by atoms with van der Waals surface area (Å²) < 4.78 is 10.5. The molecule has 4 rings (SSSR count). The second-order valence-corrected chi connectivity index (χ2v) is 6.79. The van der Waals surface area contributed by atoms with Gasteiger partial charge >= 0.3 is 0 Å². The van der Waals surface area contributed by atoms with Crippen molar-refractivity contribution in [3.63, 3.8) is 0 Å². The summed E-state index contributed by atoms with van der Waals surface area (Å²) in [6.07, 6.45) is 5.36. The number of carbonyl (C=O) groups excluding carboxylic acids is 1. The SMILES string of the molecule is O=C1C(C2CCCCC2)N(CC2CO2)C(O)N1CC1CO1. The Balaban J connectivity index is 1.52. The minimum atomic E-state index is -0.808. The number of aliphatic hydroxyl groups is 1. The standard InChI is InChI=1S/C15H24N2O4/c18-14-13(10-4-2-1-3-5-10)16(6-11-8-20-11)15(19)17(14)7-12-9-21-12/h10-13,15,19H,1-9H2. The number of ether oxygens (including phenoxy) is 2. The quantitative estimate of drug-likeness (QED) is 0.732. The molecule has 4 fully saturated rings. The summed E-state index contributed by atoms with van der Waals surface area (Å²) in [7, 11) is 0. The van der Waals surface area contributed by atoms with Crippen LogP contribution in [0.4, 0.5) is 0 Å². The van der Waals surface area contributed by atoms with E-state index in [-0.39, 0.29) is 24.2 Å². The van der Waals surface area contributed by atoms with Crippen LogP contribution < -0.4 is 0 Å². The third-order valence-corrected chi connectivity index (χ3v) is 5.18. The lowest BCUT2D eigenvalue weighted by molar-refractivity contribution is -0.136. The van der Waals surface area contributed by atoms with Gasteiger partial charge in [0.15, 0.2) is 6.35 Å². The highest BCUT2D eigenvalue weighted by Gasteiger charge is 2.51. The van der Waals surface area contributed by atoms with E-state index in [0.29, 0.717) is 25.6 Å². The number of aliphatic hydroxyl groups excluding tert-OH is 1. The van der Waals surface area contributed by atoms with Gasteiger partial charge in [-0.1, -0.05) is 19.3 Å². The van der Waals surface area contributed by atoms with Crippen LogP contribution in [0.5, 0.6) is 0 Å². The van der Waals surface area contributed by atoms with Crippen molar-refractivity contribution in [1.82, 2.24) is 9.80 Å². The molecule has 6 heteroatoms. The van der Waals surface area contributed by atoms with Crippen molar-refractivity contribution < 1.29 is 19.4 Å². The number of amides is 1. The molecule has 1 N–H and O–H groups in total. The van der Waals surface area contributed by atoms with E-state index in [9.17, 15) is 9.90 Å². The fourth-order valence-electron chi connectivity index (χ4n) is 3.86. The Morgan fingerprint density at radius 2 is 1.67 bits per heavy atom. The van der Waals surface area contributed by atoms with E-state index in [1.54, 1.807) is 4.90 Å². The summed E-state index contributed by atoms with van der Waals surface area (Å²) in [5.41, 5.74) is 0. The maximum Gasteiger partial charge on any atom is 0.243 e. The molecule has 21 heavy (non-hydrogen) atoms. The highest BCUT2D eigenvalue weighted by molar-refractivity contribution is 5.84. The molecule has 118 valence electrons. The summed E-state index contributed by atoms with van der Waals surface area (Å²) in [6, 6.07) is -0.164. The minimum Gasteiger partial charge on any atom is -0.372 e. The van der Waals surface area contributed by atoms with E-state index in [1.165, 1.54) is 19.3 Å². The van der Waals surface area contributed by atoms with Crippen molar-refractivity contribution in [2.45, 2.75) is 56.7 Å². The maximum atomic E-state index is 12.8. The Morgan fingerprint density at radius 3 is 2.29 bits per heavy atom. The summed E-state index contributed by atoms with van der Waals surface area (Å²) in [5.74, 6) is 0.468. The Kier molecular flexibility index (Phi) is 3.65. The Bertz CT molecular complexity index is 404. The molecule has 0 spiro atoms. The van der Waals surface area contributed by atoms with E-state index < -0.39 is 6.35 Å². The van der Waals surface area contributed by atoms with Crippen LogP contribution in [0.15, 0.2) is 0 Å². The molecule has 4 atom stereocenters. The van der Waals surface area contributed by atoms with Gasteiger partial charge in [-0.05, 0) is 18.8 Å². The minimum absolute atomic E-state index is 0.0885. The first-order valence-electron chi connectivity index (χ1n) is 8.21. The van der Waals surface area contributed by atoms with Gasteiger partial charge in [-0.3, -0.25) is 9.69 Å². The molecule has 3 saturated heterocycles. The molecule has 3 aliphatic heterocycles. The molecule has 0 aromatic carbocycles. The normalized spacial score (nSPS) is 40.8. The van der Waals surface area contributed by atoms with Crippen molar-refractivity contribution in [3.8, 4) is 0 Å². The summed E-state index contributed by atoms with van der Waals surface area (Å²) in [6.45, 7) is 2.64. The topological polar surface area (TPSA) is 68.8 Å². The first-order chi connectivity index (χ1) is 10.2. The molecule has 4 unspecified atom stereocenters. The zero-order valence-electron chi connectivity index (χ0n) is 12.3. The molecule has 0 aromatic heterocycles. The van der Waals surface area contributed by atoms with Gasteiger partial charge in [-0.15, -0.1) is 0 Å². The number of epoxide rings is 2. The van der Waals surface area contributed by atoms with E-state index in [2.05, 4.69) is 0 Å². The molecule has 1 aliphatic carbocycles. The number of rotatable bonds is 5. The molecule has 0 aromatic rings. The summed E-state index contributed by atoms with van der Waals surface area (Å²) in [5, 5.41) is 10.6. The molecular formula is C15H24N2O4. The zero-order chi connectivity index (χ0) is 14.4. The van der Waals surface area contributed by atoms with Crippen molar-refractivity contribution in [1.29, 1.82) is 0 Å². The third kappa shape index (κ3) is 2.82. The first-order valence-corrected chi connectivity index (χ1v) is 8.21. The van der Waals surface area contributed by atoms with Crippen LogP contribution in [0.3, 0.4) is 0 Å². The van der Waals surface area contributed by atoms with Crippen molar-refractivity contribution in [3.05, 3.63) is 0 Å². The lowest BCUT2D eigenvalue weighted by Gasteiger charge is -2.32. The molecule has 3 heterocycles. The third-order valence-electron chi connectivity index (χ3n) is 5.18. The highest BCUT2D eigenvalue weighted by Crippen LogP contribution is 2.36. The van der Waals surface area contributed by atoms with Gasteiger partial charge in [-0.25, -0.2) is 4.90 Å². The van der Waals surface area contributed by atoms with Crippen LogP contribution in [0.2, 0.25) is 0 Å². The van der Waals surface area contributed by atoms with Crippen molar-refractivity contribution in [2.75, 3.05) is 26.3 Å². The van der Waals surface area contributed by atoms with Gasteiger partial charge in [0, 0.05) is 6.54 Å². The zero-order valence-corrected chi connectivity index (χ0v) is 12.3. The first kappa shape index (κ1) is 13.9. The predicted molar refractivity (Wildman–Crippen MR) is 74.3 cm³/mol.